The largest absolute Gasteiger partial charge is 0.351 e. The van der Waals surface area contributed by atoms with Gasteiger partial charge in [-0.2, -0.15) is 0 Å². The van der Waals surface area contributed by atoms with E-state index in [0.717, 1.165) is 31.6 Å². The summed E-state index contributed by atoms with van der Waals surface area (Å²) in [5.74, 6) is 0.727. The van der Waals surface area contributed by atoms with Gasteiger partial charge in [0.05, 0.1) is 0 Å². The van der Waals surface area contributed by atoms with E-state index in [1.165, 1.54) is 0 Å². The van der Waals surface area contributed by atoms with Crippen molar-refractivity contribution in [3.63, 3.8) is 0 Å². The van der Waals surface area contributed by atoms with Crippen LogP contribution < -0.4 is 5.32 Å². The Morgan fingerprint density at radius 3 is 2.43 bits per heavy atom. The van der Waals surface area contributed by atoms with E-state index in [-0.39, 0.29) is 0 Å². The Hall–Kier alpha value is -0.830. The zero-order valence-electron chi connectivity index (χ0n) is 7.99. The Kier molecular flexibility index (Phi) is 3.19. The summed E-state index contributed by atoms with van der Waals surface area (Å²) >= 11 is 6.03. The van der Waals surface area contributed by atoms with Crippen LogP contribution in [0.25, 0.3) is 0 Å². The molecule has 1 aliphatic carbocycles. The first kappa shape index (κ1) is 9.71. The molecule has 0 atom stereocenters. The SMILES string of the molecule is ClC1CCC(Nc2ncccn2)CC1. The van der Waals surface area contributed by atoms with E-state index in [1.54, 1.807) is 12.4 Å². The molecule has 0 amide bonds. The van der Waals surface area contributed by atoms with Crippen LogP contribution in [-0.4, -0.2) is 21.4 Å². The maximum absolute atomic E-state index is 6.03. The minimum atomic E-state index is 0.366. The number of anilines is 1. The molecule has 0 radical (unpaired) electrons. The highest BCUT2D eigenvalue weighted by atomic mass is 35.5. The lowest BCUT2D eigenvalue weighted by molar-refractivity contribution is 0.466. The minimum absolute atomic E-state index is 0.366. The minimum Gasteiger partial charge on any atom is -0.351 e. The molecule has 3 nitrogen and oxygen atoms in total. The van der Waals surface area contributed by atoms with Gasteiger partial charge < -0.3 is 5.32 Å². The molecule has 1 aliphatic rings. The van der Waals surface area contributed by atoms with Gasteiger partial charge in [-0.25, -0.2) is 9.97 Å². The molecule has 1 fully saturated rings. The molecule has 14 heavy (non-hydrogen) atoms. The first-order valence-electron chi connectivity index (χ1n) is 5.02. The molecule has 0 saturated heterocycles. The van der Waals surface area contributed by atoms with Crippen LogP contribution in [0.3, 0.4) is 0 Å². The van der Waals surface area contributed by atoms with E-state index in [2.05, 4.69) is 15.3 Å². The Labute approximate surface area is 88.9 Å². The van der Waals surface area contributed by atoms with Gasteiger partial charge >= 0.3 is 0 Å². The molecule has 1 heterocycles. The third-order valence-electron chi connectivity index (χ3n) is 2.56. The predicted octanol–water partition coefficient (Wildman–Crippen LogP) is 2.44. The van der Waals surface area contributed by atoms with Gasteiger partial charge in [-0.05, 0) is 31.7 Å². The van der Waals surface area contributed by atoms with Crippen molar-refractivity contribution in [1.82, 2.24) is 9.97 Å². The van der Waals surface area contributed by atoms with Crippen LogP contribution in [0.4, 0.5) is 5.95 Å². The van der Waals surface area contributed by atoms with Gasteiger partial charge in [-0.1, -0.05) is 0 Å². The van der Waals surface area contributed by atoms with Gasteiger partial charge in [0, 0.05) is 23.8 Å². The van der Waals surface area contributed by atoms with Crippen LogP contribution in [0.15, 0.2) is 18.5 Å². The zero-order chi connectivity index (χ0) is 9.80. The molecule has 0 spiro atoms. The molecule has 0 aromatic carbocycles. The van der Waals surface area contributed by atoms with Gasteiger partial charge in [-0.15, -0.1) is 11.6 Å². The van der Waals surface area contributed by atoms with Gasteiger partial charge in [0.15, 0.2) is 0 Å². The van der Waals surface area contributed by atoms with Crippen LogP contribution in [-0.2, 0) is 0 Å². The molecule has 0 bridgehead atoms. The predicted molar refractivity (Wildman–Crippen MR) is 57.6 cm³/mol. The highest BCUT2D eigenvalue weighted by Gasteiger charge is 2.19. The van der Waals surface area contributed by atoms with Crippen LogP contribution in [0.5, 0.6) is 0 Å². The molecule has 1 aromatic heterocycles. The molecule has 1 N–H and O–H groups in total. The molecule has 1 aromatic rings. The quantitative estimate of drug-likeness (QED) is 0.764. The molecule has 1 saturated carbocycles. The summed E-state index contributed by atoms with van der Waals surface area (Å²) in [5.41, 5.74) is 0. The van der Waals surface area contributed by atoms with Crippen molar-refractivity contribution in [3.8, 4) is 0 Å². The molecule has 0 aliphatic heterocycles. The van der Waals surface area contributed by atoms with Crippen molar-refractivity contribution in [2.45, 2.75) is 37.1 Å². The van der Waals surface area contributed by atoms with Crippen LogP contribution in [0, 0.1) is 0 Å². The number of nitrogens with zero attached hydrogens (tertiary/aromatic N) is 2. The molecule has 0 unspecified atom stereocenters. The third kappa shape index (κ3) is 2.58. The van der Waals surface area contributed by atoms with Crippen molar-refractivity contribution >= 4 is 17.5 Å². The van der Waals surface area contributed by atoms with Gasteiger partial charge in [0.2, 0.25) is 5.95 Å². The lowest BCUT2D eigenvalue weighted by atomic mass is 9.95. The Morgan fingerprint density at radius 1 is 1.14 bits per heavy atom. The first-order chi connectivity index (χ1) is 6.84. The molecule has 76 valence electrons. The number of hydrogen-bond acceptors (Lipinski definition) is 3. The van der Waals surface area contributed by atoms with Gasteiger partial charge in [0.1, 0.15) is 0 Å². The van der Waals surface area contributed by atoms with Crippen molar-refractivity contribution in [3.05, 3.63) is 18.5 Å². The van der Waals surface area contributed by atoms with E-state index in [4.69, 9.17) is 11.6 Å². The van der Waals surface area contributed by atoms with Crippen molar-refractivity contribution < 1.29 is 0 Å². The smallest absolute Gasteiger partial charge is 0.222 e. The second kappa shape index (κ2) is 4.60. The summed E-state index contributed by atoms with van der Waals surface area (Å²) in [6.45, 7) is 0. The normalized spacial score (nSPS) is 27.2. The summed E-state index contributed by atoms with van der Waals surface area (Å²) < 4.78 is 0. The fourth-order valence-corrected chi connectivity index (χ4v) is 2.01. The highest BCUT2D eigenvalue weighted by Crippen LogP contribution is 2.24. The zero-order valence-corrected chi connectivity index (χ0v) is 8.74. The Morgan fingerprint density at radius 2 is 1.79 bits per heavy atom. The summed E-state index contributed by atoms with van der Waals surface area (Å²) in [6.07, 6.45) is 7.92. The third-order valence-corrected chi connectivity index (χ3v) is 2.99. The molecular formula is C10H14ClN3. The monoisotopic (exact) mass is 211 g/mol. The topological polar surface area (TPSA) is 37.8 Å². The number of halogens is 1. The summed E-state index contributed by atoms with van der Waals surface area (Å²) in [4.78, 5) is 8.27. The molecular weight excluding hydrogens is 198 g/mol. The lowest BCUT2D eigenvalue weighted by Crippen LogP contribution is -2.27. The highest BCUT2D eigenvalue weighted by molar-refractivity contribution is 6.20. The maximum Gasteiger partial charge on any atom is 0.222 e. The van der Waals surface area contributed by atoms with E-state index in [0.29, 0.717) is 11.4 Å². The maximum atomic E-state index is 6.03. The summed E-state index contributed by atoms with van der Waals surface area (Å²) in [7, 11) is 0. The van der Waals surface area contributed by atoms with E-state index in [9.17, 15) is 0 Å². The number of hydrogen-bond donors (Lipinski definition) is 1. The van der Waals surface area contributed by atoms with Gasteiger partial charge in [0.25, 0.3) is 0 Å². The Bertz CT molecular complexity index is 270. The van der Waals surface area contributed by atoms with Crippen molar-refractivity contribution in [2.24, 2.45) is 0 Å². The van der Waals surface area contributed by atoms with Crippen molar-refractivity contribution in [1.29, 1.82) is 0 Å². The summed E-state index contributed by atoms with van der Waals surface area (Å²) in [5, 5.41) is 3.69. The van der Waals surface area contributed by atoms with Crippen LogP contribution in [0.2, 0.25) is 0 Å². The molecule has 4 heteroatoms. The second-order valence-corrected chi connectivity index (χ2v) is 4.28. The summed E-state index contributed by atoms with van der Waals surface area (Å²) in [6, 6.07) is 2.31. The first-order valence-corrected chi connectivity index (χ1v) is 5.46. The van der Waals surface area contributed by atoms with E-state index < -0.39 is 0 Å². The van der Waals surface area contributed by atoms with Gasteiger partial charge in [-0.3, -0.25) is 0 Å². The average Bonchev–Trinajstić information content (AvgIpc) is 2.23. The number of alkyl halides is 1. The fourth-order valence-electron chi connectivity index (χ4n) is 1.75. The number of aromatic nitrogens is 2. The Balaban J connectivity index is 1.87. The molecule has 2 rings (SSSR count). The second-order valence-electron chi connectivity index (χ2n) is 3.67. The van der Waals surface area contributed by atoms with Crippen LogP contribution in [0.1, 0.15) is 25.7 Å². The average molecular weight is 212 g/mol. The number of nitrogens with one attached hydrogen (secondary N) is 1. The fraction of sp³-hybridized carbons (Fsp3) is 0.600. The number of rotatable bonds is 2. The van der Waals surface area contributed by atoms with E-state index >= 15 is 0 Å². The standard InChI is InChI=1S/C10H14ClN3/c11-8-2-4-9(5-3-8)14-10-12-6-1-7-13-10/h1,6-9H,2-5H2,(H,12,13,14). The lowest BCUT2D eigenvalue weighted by Gasteiger charge is -2.25. The van der Waals surface area contributed by atoms with E-state index in [1.807, 2.05) is 6.07 Å². The van der Waals surface area contributed by atoms with Crippen LogP contribution >= 0.6 is 11.6 Å². The van der Waals surface area contributed by atoms with Crippen molar-refractivity contribution in [2.75, 3.05) is 5.32 Å².